The smallest absolute Gasteiger partial charge is 0.317 e. The molecule has 1 aromatic heterocycles. The molecule has 1 atom stereocenters. The standard InChI is InChI=1S/C22H32N6O/c29-22(27-13-9-21(10-14-27)28-17-24-25-18-28)23-15-20-7-4-11-26(16-20)12-8-19-5-2-1-3-6-19/h1-3,5-6,17-18,20-21H,4,7-16H2,(H,23,29). The van der Waals surface area contributed by atoms with E-state index in [2.05, 4.69) is 55.3 Å². The van der Waals surface area contributed by atoms with Gasteiger partial charge in [-0.2, -0.15) is 0 Å². The van der Waals surface area contributed by atoms with Crippen LogP contribution in [0, 0.1) is 5.92 Å². The highest BCUT2D eigenvalue weighted by Crippen LogP contribution is 2.22. The number of piperidine rings is 2. The van der Waals surface area contributed by atoms with Crippen LogP contribution in [0.1, 0.15) is 37.3 Å². The van der Waals surface area contributed by atoms with Gasteiger partial charge < -0.3 is 19.7 Å². The summed E-state index contributed by atoms with van der Waals surface area (Å²) in [5.74, 6) is 0.554. The predicted octanol–water partition coefficient (Wildman–Crippen LogP) is 2.58. The number of nitrogens with one attached hydrogen (secondary N) is 1. The zero-order chi connectivity index (χ0) is 19.9. The number of urea groups is 1. The lowest BCUT2D eigenvalue weighted by Gasteiger charge is -2.35. The third kappa shape index (κ3) is 5.56. The largest absolute Gasteiger partial charge is 0.338 e. The average Bonchev–Trinajstić information content (AvgIpc) is 3.32. The molecule has 2 saturated heterocycles. The molecule has 3 heterocycles. The normalized spacial score (nSPS) is 21.2. The van der Waals surface area contributed by atoms with Crippen molar-refractivity contribution in [3.05, 3.63) is 48.5 Å². The molecule has 1 aromatic carbocycles. The van der Waals surface area contributed by atoms with Crippen LogP contribution < -0.4 is 5.32 Å². The molecular formula is C22H32N6O. The summed E-state index contributed by atoms with van der Waals surface area (Å²) in [5, 5.41) is 11.0. The van der Waals surface area contributed by atoms with Crippen LogP contribution in [-0.2, 0) is 6.42 Å². The monoisotopic (exact) mass is 396 g/mol. The minimum atomic E-state index is 0.0913. The van der Waals surface area contributed by atoms with Crippen molar-refractivity contribution in [2.45, 2.75) is 38.1 Å². The van der Waals surface area contributed by atoms with E-state index in [9.17, 15) is 4.79 Å². The molecular weight excluding hydrogens is 364 g/mol. The van der Waals surface area contributed by atoms with E-state index in [4.69, 9.17) is 0 Å². The molecule has 2 amide bonds. The molecule has 2 aliphatic rings. The Morgan fingerprint density at radius 1 is 1.03 bits per heavy atom. The second kappa shape index (κ2) is 9.87. The number of carbonyl (C=O) groups excluding carboxylic acids is 1. The van der Waals surface area contributed by atoms with Crippen molar-refractivity contribution in [2.75, 3.05) is 39.3 Å². The first-order chi connectivity index (χ1) is 14.3. The van der Waals surface area contributed by atoms with E-state index in [0.717, 1.165) is 52.0 Å². The summed E-state index contributed by atoms with van der Waals surface area (Å²) in [7, 11) is 0. The Balaban J connectivity index is 1.16. The molecule has 2 aromatic rings. The van der Waals surface area contributed by atoms with E-state index in [1.54, 1.807) is 12.7 Å². The van der Waals surface area contributed by atoms with Gasteiger partial charge in [-0.3, -0.25) is 0 Å². The maximum Gasteiger partial charge on any atom is 0.317 e. The van der Waals surface area contributed by atoms with Crippen LogP contribution in [0.4, 0.5) is 4.79 Å². The summed E-state index contributed by atoms with van der Waals surface area (Å²) in [6.45, 7) is 5.74. The average molecular weight is 397 g/mol. The molecule has 7 nitrogen and oxygen atoms in total. The zero-order valence-electron chi connectivity index (χ0n) is 17.1. The number of hydrogen-bond acceptors (Lipinski definition) is 4. The Labute approximate surface area is 173 Å². The lowest BCUT2D eigenvalue weighted by Crippen LogP contribution is -2.47. The summed E-state index contributed by atoms with van der Waals surface area (Å²) in [4.78, 5) is 17.1. The number of carbonyl (C=O) groups is 1. The first kappa shape index (κ1) is 19.9. The lowest BCUT2D eigenvalue weighted by molar-refractivity contribution is 0.156. The summed E-state index contributed by atoms with van der Waals surface area (Å²) < 4.78 is 2.06. The van der Waals surface area contributed by atoms with E-state index in [1.165, 1.54) is 24.9 Å². The van der Waals surface area contributed by atoms with Gasteiger partial charge in [0.1, 0.15) is 12.7 Å². The van der Waals surface area contributed by atoms with Gasteiger partial charge in [0.25, 0.3) is 0 Å². The van der Waals surface area contributed by atoms with Crippen molar-refractivity contribution >= 4 is 6.03 Å². The summed E-state index contributed by atoms with van der Waals surface area (Å²) >= 11 is 0. The van der Waals surface area contributed by atoms with E-state index in [1.807, 2.05) is 4.90 Å². The van der Waals surface area contributed by atoms with Gasteiger partial charge in [0.05, 0.1) is 0 Å². The number of nitrogens with zero attached hydrogens (tertiary/aromatic N) is 5. The van der Waals surface area contributed by atoms with Gasteiger partial charge in [0.15, 0.2) is 0 Å². The van der Waals surface area contributed by atoms with Crippen molar-refractivity contribution in [1.29, 1.82) is 0 Å². The van der Waals surface area contributed by atoms with Crippen LogP contribution in [-0.4, -0.2) is 69.9 Å². The van der Waals surface area contributed by atoms with Gasteiger partial charge in [-0.25, -0.2) is 4.79 Å². The van der Waals surface area contributed by atoms with Crippen molar-refractivity contribution in [2.24, 2.45) is 5.92 Å². The molecule has 1 unspecified atom stereocenters. The number of amides is 2. The molecule has 1 N–H and O–H groups in total. The number of benzene rings is 1. The summed E-state index contributed by atoms with van der Waals surface area (Å²) in [6.07, 6.45) is 8.99. The zero-order valence-corrected chi connectivity index (χ0v) is 17.1. The van der Waals surface area contributed by atoms with Gasteiger partial charge in [0, 0.05) is 38.8 Å². The Morgan fingerprint density at radius 3 is 2.55 bits per heavy atom. The third-order valence-electron chi connectivity index (χ3n) is 6.31. The molecule has 4 rings (SSSR count). The van der Waals surface area contributed by atoms with Gasteiger partial charge in [0.2, 0.25) is 0 Å². The number of aromatic nitrogens is 3. The molecule has 0 aliphatic carbocycles. The van der Waals surface area contributed by atoms with Crippen molar-refractivity contribution in [3.63, 3.8) is 0 Å². The lowest BCUT2D eigenvalue weighted by atomic mass is 9.97. The minimum Gasteiger partial charge on any atom is -0.338 e. The Bertz CT molecular complexity index is 742. The molecule has 0 radical (unpaired) electrons. The Kier molecular flexibility index (Phi) is 6.77. The van der Waals surface area contributed by atoms with Gasteiger partial charge in [-0.05, 0) is 50.1 Å². The first-order valence-corrected chi connectivity index (χ1v) is 10.9. The molecule has 0 spiro atoms. The molecule has 0 bridgehead atoms. The van der Waals surface area contributed by atoms with Gasteiger partial charge in [-0.15, -0.1) is 10.2 Å². The second-order valence-electron chi connectivity index (χ2n) is 8.36. The molecule has 2 fully saturated rings. The topological polar surface area (TPSA) is 66.3 Å². The molecule has 156 valence electrons. The fraction of sp³-hybridized carbons (Fsp3) is 0.591. The minimum absolute atomic E-state index is 0.0913. The van der Waals surface area contributed by atoms with Crippen LogP contribution in [0.5, 0.6) is 0 Å². The van der Waals surface area contributed by atoms with E-state index < -0.39 is 0 Å². The Morgan fingerprint density at radius 2 is 1.79 bits per heavy atom. The van der Waals surface area contributed by atoms with Crippen LogP contribution in [0.25, 0.3) is 0 Å². The van der Waals surface area contributed by atoms with Crippen LogP contribution >= 0.6 is 0 Å². The summed E-state index contributed by atoms with van der Waals surface area (Å²) in [6, 6.07) is 11.2. The predicted molar refractivity (Wildman–Crippen MR) is 113 cm³/mol. The number of rotatable bonds is 6. The number of likely N-dealkylation sites (tertiary alicyclic amines) is 2. The van der Waals surface area contributed by atoms with Crippen molar-refractivity contribution < 1.29 is 4.79 Å². The quantitative estimate of drug-likeness (QED) is 0.815. The maximum atomic E-state index is 12.6. The molecule has 2 aliphatic heterocycles. The van der Waals surface area contributed by atoms with E-state index in [-0.39, 0.29) is 6.03 Å². The highest BCUT2D eigenvalue weighted by atomic mass is 16.2. The molecule has 29 heavy (non-hydrogen) atoms. The molecule has 7 heteroatoms. The SMILES string of the molecule is O=C(NCC1CCCN(CCc2ccccc2)C1)N1CCC(n2cnnc2)CC1. The first-order valence-electron chi connectivity index (χ1n) is 10.9. The fourth-order valence-electron chi connectivity index (χ4n) is 4.56. The fourth-order valence-corrected chi connectivity index (χ4v) is 4.56. The van der Waals surface area contributed by atoms with Crippen molar-refractivity contribution in [1.82, 2.24) is 29.9 Å². The van der Waals surface area contributed by atoms with Crippen LogP contribution in [0.15, 0.2) is 43.0 Å². The summed E-state index contributed by atoms with van der Waals surface area (Å²) in [5.41, 5.74) is 1.40. The second-order valence-corrected chi connectivity index (χ2v) is 8.36. The van der Waals surface area contributed by atoms with Crippen LogP contribution in [0.3, 0.4) is 0 Å². The van der Waals surface area contributed by atoms with Gasteiger partial charge >= 0.3 is 6.03 Å². The highest BCUT2D eigenvalue weighted by molar-refractivity contribution is 5.74. The number of hydrogen-bond donors (Lipinski definition) is 1. The van der Waals surface area contributed by atoms with E-state index in [0.29, 0.717) is 12.0 Å². The maximum absolute atomic E-state index is 12.6. The Hall–Kier alpha value is -2.41. The van der Waals surface area contributed by atoms with E-state index >= 15 is 0 Å². The highest BCUT2D eigenvalue weighted by Gasteiger charge is 2.25. The third-order valence-corrected chi connectivity index (χ3v) is 6.31. The van der Waals surface area contributed by atoms with Crippen LogP contribution in [0.2, 0.25) is 0 Å². The van der Waals surface area contributed by atoms with Crippen molar-refractivity contribution in [3.8, 4) is 0 Å². The van der Waals surface area contributed by atoms with Gasteiger partial charge in [-0.1, -0.05) is 30.3 Å². The molecule has 0 saturated carbocycles.